The van der Waals surface area contributed by atoms with Crippen molar-refractivity contribution in [2.24, 2.45) is 0 Å². The van der Waals surface area contributed by atoms with E-state index < -0.39 is 0 Å². The Morgan fingerprint density at radius 1 is 1.31 bits per heavy atom. The average Bonchev–Trinajstić information content (AvgIpc) is 2.73. The summed E-state index contributed by atoms with van der Waals surface area (Å²) in [5.74, 6) is 1.80. The van der Waals surface area contributed by atoms with Crippen molar-refractivity contribution in [1.29, 1.82) is 0 Å². The quantitative estimate of drug-likeness (QED) is 0.766. The molecule has 1 aromatic rings. The van der Waals surface area contributed by atoms with Crippen LogP contribution < -0.4 is 0 Å². The molecule has 0 spiro atoms. The molecule has 1 saturated heterocycles. The number of hydrogen-bond acceptors (Lipinski definition) is 4. The van der Waals surface area contributed by atoms with Crippen LogP contribution in [0.5, 0.6) is 0 Å². The van der Waals surface area contributed by atoms with Crippen LogP contribution in [0.25, 0.3) is 0 Å². The molecule has 2 unspecified atom stereocenters. The van der Waals surface area contributed by atoms with Gasteiger partial charge >= 0.3 is 0 Å². The number of aliphatic hydroxyl groups is 1. The molecule has 2 aliphatic heterocycles. The van der Waals surface area contributed by atoms with E-state index >= 15 is 0 Å². The summed E-state index contributed by atoms with van der Waals surface area (Å²) >= 11 is 0. The van der Waals surface area contributed by atoms with Gasteiger partial charge in [-0.05, 0) is 25.7 Å². The van der Waals surface area contributed by atoms with Gasteiger partial charge in [-0.1, -0.05) is 0 Å². The standard InChI is InChI=1S/C11H17N3O2/c15-8-4-5-10-12-11(13-14(10)7-8)9-3-1-2-6-16-9/h8-9,15H,1-7H2. The van der Waals surface area contributed by atoms with E-state index in [2.05, 4.69) is 10.1 Å². The molecule has 1 aromatic heterocycles. The second kappa shape index (κ2) is 4.14. The lowest BCUT2D eigenvalue weighted by atomic mass is 10.1. The largest absolute Gasteiger partial charge is 0.391 e. The minimum absolute atomic E-state index is 0.0731. The Morgan fingerprint density at radius 2 is 2.25 bits per heavy atom. The van der Waals surface area contributed by atoms with Gasteiger partial charge in [-0.3, -0.25) is 0 Å². The third-order valence-electron chi connectivity index (χ3n) is 3.32. The molecule has 0 amide bonds. The van der Waals surface area contributed by atoms with Crippen molar-refractivity contribution in [1.82, 2.24) is 14.8 Å². The van der Waals surface area contributed by atoms with E-state index in [9.17, 15) is 5.11 Å². The molecule has 5 heteroatoms. The molecular formula is C11H17N3O2. The highest BCUT2D eigenvalue weighted by molar-refractivity contribution is 5.00. The fourth-order valence-electron chi connectivity index (χ4n) is 2.39. The molecule has 5 nitrogen and oxygen atoms in total. The van der Waals surface area contributed by atoms with Gasteiger partial charge in [0.05, 0.1) is 12.6 Å². The predicted octanol–water partition coefficient (Wildman–Crippen LogP) is 0.827. The van der Waals surface area contributed by atoms with Gasteiger partial charge in [0.15, 0.2) is 5.82 Å². The van der Waals surface area contributed by atoms with Crippen LogP contribution in [0.2, 0.25) is 0 Å². The van der Waals surface area contributed by atoms with E-state index in [0.717, 1.165) is 43.9 Å². The van der Waals surface area contributed by atoms with Crippen molar-refractivity contribution >= 4 is 0 Å². The maximum Gasteiger partial charge on any atom is 0.179 e. The predicted molar refractivity (Wildman–Crippen MR) is 56.9 cm³/mol. The van der Waals surface area contributed by atoms with E-state index in [-0.39, 0.29) is 12.2 Å². The first-order valence-electron chi connectivity index (χ1n) is 6.06. The smallest absolute Gasteiger partial charge is 0.179 e. The summed E-state index contributed by atoms with van der Waals surface area (Å²) in [6, 6.07) is 0. The first-order chi connectivity index (χ1) is 7.83. The molecule has 2 aliphatic rings. The van der Waals surface area contributed by atoms with Gasteiger partial charge in [-0.15, -0.1) is 0 Å². The number of fused-ring (bicyclic) bond motifs is 1. The zero-order valence-electron chi connectivity index (χ0n) is 9.30. The molecule has 3 rings (SSSR count). The molecule has 1 N–H and O–H groups in total. The zero-order valence-corrected chi connectivity index (χ0v) is 9.30. The molecule has 0 radical (unpaired) electrons. The first-order valence-corrected chi connectivity index (χ1v) is 6.06. The Balaban J connectivity index is 1.80. The molecule has 0 aliphatic carbocycles. The Bertz CT molecular complexity index is 371. The average molecular weight is 223 g/mol. The minimum Gasteiger partial charge on any atom is -0.391 e. The van der Waals surface area contributed by atoms with E-state index in [0.29, 0.717) is 6.54 Å². The SMILES string of the molecule is OC1CCc2nc(C3CCCCO3)nn2C1. The minimum atomic E-state index is -0.269. The topological polar surface area (TPSA) is 60.2 Å². The zero-order chi connectivity index (χ0) is 11.0. The fraction of sp³-hybridized carbons (Fsp3) is 0.818. The summed E-state index contributed by atoms with van der Waals surface area (Å²) in [6.45, 7) is 1.40. The highest BCUT2D eigenvalue weighted by Gasteiger charge is 2.25. The maximum absolute atomic E-state index is 9.56. The lowest BCUT2D eigenvalue weighted by Gasteiger charge is -2.19. The van der Waals surface area contributed by atoms with Crippen molar-refractivity contribution in [2.75, 3.05) is 6.61 Å². The Labute approximate surface area is 94.4 Å². The molecule has 16 heavy (non-hydrogen) atoms. The number of aryl methyl sites for hydroxylation is 1. The number of aromatic nitrogens is 3. The molecule has 2 atom stereocenters. The summed E-state index contributed by atoms with van der Waals surface area (Å²) in [5.41, 5.74) is 0. The molecule has 1 fully saturated rings. The van der Waals surface area contributed by atoms with Crippen LogP contribution in [-0.2, 0) is 17.7 Å². The van der Waals surface area contributed by atoms with Crippen molar-refractivity contribution in [3.8, 4) is 0 Å². The van der Waals surface area contributed by atoms with E-state index in [1.165, 1.54) is 6.42 Å². The summed E-state index contributed by atoms with van der Waals surface area (Å²) in [4.78, 5) is 4.52. The van der Waals surface area contributed by atoms with Crippen molar-refractivity contribution in [3.05, 3.63) is 11.6 Å². The van der Waals surface area contributed by atoms with E-state index in [1.54, 1.807) is 0 Å². The first kappa shape index (κ1) is 10.2. The van der Waals surface area contributed by atoms with Crippen LogP contribution in [0.1, 0.15) is 43.4 Å². The van der Waals surface area contributed by atoms with Gasteiger partial charge in [0.1, 0.15) is 11.9 Å². The Hall–Kier alpha value is -0.940. The monoisotopic (exact) mass is 223 g/mol. The van der Waals surface area contributed by atoms with E-state index in [1.807, 2.05) is 4.68 Å². The summed E-state index contributed by atoms with van der Waals surface area (Å²) in [5, 5.41) is 14.0. The summed E-state index contributed by atoms with van der Waals surface area (Å²) in [7, 11) is 0. The molecule has 0 aromatic carbocycles. The van der Waals surface area contributed by atoms with Gasteiger partial charge in [0.25, 0.3) is 0 Å². The molecular weight excluding hydrogens is 206 g/mol. The third-order valence-corrected chi connectivity index (χ3v) is 3.32. The lowest BCUT2D eigenvalue weighted by Crippen LogP contribution is -2.25. The number of nitrogens with zero attached hydrogens (tertiary/aromatic N) is 3. The van der Waals surface area contributed by atoms with Crippen LogP contribution in [0.3, 0.4) is 0 Å². The van der Waals surface area contributed by atoms with Crippen molar-refractivity contribution in [3.63, 3.8) is 0 Å². The third kappa shape index (κ3) is 1.85. The van der Waals surface area contributed by atoms with Crippen molar-refractivity contribution in [2.45, 2.75) is 50.9 Å². The normalized spacial score (nSPS) is 30.1. The summed E-state index contributed by atoms with van der Waals surface area (Å²) < 4.78 is 7.50. The van der Waals surface area contributed by atoms with E-state index in [4.69, 9.17) is 4.74 Å². The van der Waals surface area contributed by atoms with Gasteiger partial charge < -0.3 is 9.84 Å². The molecule has 3 heterocycles. The van der Waals surface area contributed by atoms with Crippen LogP contribution in [0.15, 0.2) is 0 Å². The lowest BCUT2D eigenvalue weighted by molar-refractivity contribution is 0.00922. The fourth-order valence-corrected chi connectivity index (χ4v) is 2.39. The van der Waals surface area contributed by atoms with Crippen LogP contribution in [-0.4, -0.2) is 32.6 Å². The molecule has 0 saturated carbocycles. The Morgan fingerprint density at radius 3 is 3.06 bits per heavy atom. The van der Waals surface area contributed by atoms with Crippen LogP contribution in [0, 0.1) is 0 Å². The Kier molecular flexibility index (Phi) is 2.65. The highest BCUT2D eigenvalue weighted by Crippen LogP contribution is 2.26. The number of ether oxygens (including phenoxy) is 1. The number of aliphatic hydroxyl groups excluding tert-OH is 1. The second-order valence-electron chi connectivity index (χ2n) is 4.62. The van der Waals surface area contributed by atoms with Crippen molar-refractivity contribution < 1.29 is 9.84 Å². The number of hydrogen-bond donors (Lipinski definition) is 1. The van der Waals surface area contributed by atoms with Gasteiger partial charge in [0, 0.05) is 13.0 Å². The highest BCUT2D eigenvalue weighted by atomic mass is 16.5. The second-order valence-corrected chi connectivity index (χ2v) is 4.62. The van der Waals surface area contributed by atoms with Crippen LogP contribution in [0.4, 0.5) is 0 Å². The van der Waals surface area contributed by atoms with Gasteiger partial charge in [-0.2, -0.15) is 5.10 Å². The number of rotatable bonds is 1. The molecule has 0 bridgehead atoms. The van der Waals surface area contributed by atoms with Crippen LogP contribution >= 0.6 is 0 Å². The molecule has 88 valence electrons. The summed E-state index contributed by atoms with van der Waals surface area (Å²) in [6.07, 6.45) is 4.77. The van der Waals surface area contributed by atoms with Gasteiger partial charge in [0.2, 0.25) is 0 Å². The maximum atomic E-state index is 9.56. The van der Waals surface area contributed by atoms with Gasteiger partial charge in [-0.25, -0.2) is 9.67 Å².